The van der Waals surface area contributed by atoms with Gasteiger partial charge in [0.25, 0.3) is 0 Å². The highest BCUT2D eigenvalue weighted by molar-refractivity contribution is 5.27. The van der Waals surface area contributed by atoms with Crippen molar-refractivity contribution in [2.75, 3.05) is 19.6 Å². The zero-order chi connectivity index (χ0) is 13.2. The largest absolute Gasteiger partial charge is 0.416 e. The van der Waals surface area contributed by atoms with Crippen LogP contribution >= 0.6 is 0 Å². The van der Waals surface area contributed by atoms with Crippen molar-refractivity contribution in [2.24, 2.45) is 5.73 Å². The lowest BCUT2D eigenvalue weighted by Crippen LogP contribution is -2.31. The molecule has 1 saturated heterocycles. The van der Waals surface area contributed by atoms with Crippen molar-refractivity contribution >= 4 is 0 Å². The van der Waals surface area contributed by atoms with Gasteiger partial charge in [-0.15, -0.1) is 0 Å². The van der Waals surface area contributed by atoms with Crippen LogP contribution in [0.4, 0.5) is 13.2 Å². The molecule has 0 saturated carbocycles. The molecule has 1 aromatic rings. The minimum Gasteiger partial charge on any atom is -0.329 e. The van der Waals surface area contributed by atoms with Gasteiger partial charge in [0.2, 0.25) is 0 Å². The summed E-state index contributed by atoms with van der Waals surface area (Å²) >= 11 is 0. The Hall–Kier alpha value is -1.07. The average molecular weight is 258 g/mol. The molecule has 1 aliphatic heterocycles. The van der Waals surface area contributed by atoms with E-state index in [-0.39, 0.29) is 6.04 Å². The average Bonchev–Trinajstić information content (AvgIpc) is 2.83. The summed E-state index contributed by atoms with van der Waals surface area (Å²) in [7, 11) is 0. The second-order valence-electron chi connectivity index (χ2n) is 4.61. The standard InChI is InChI=1S/C13H17F3N2/c14-13(15,16)11-5-3-10(4-6-11)12(9-17)18-7-1-2-8-18/h3-6,12H,1-2,7-9,17H2/t12-/m0/s1. The second kappa shape index (κ2) is 5.28. The summed E-state index contributed by atoms with van der Waals surface area (Å²) in [5.41, 5.74) is 6.00. The number of hydrogen-bond acceptors (Lipinski definition) is 2. The summed E-state index contributed by atoms with van der Waals surface area (Å²) in [5, 5.41) is 0. The number of alkyl halides is 3. The van der Waals surface area contributed by atoms with E-state index in [1.807, 2.05) is 0 Å². The lowest BCUT2D eigenvalue weighted by Gasteiger charge is -2.26. The van der Waals surface area contributed by atoms with E-state index in [2.05, 4.69) is 4.90 Å². The fourth-order valence-corrected chi connectivity index (χ4v) is 2.44. The SMILES string of the molecule is NC[C@@H](c1ccc(C(F)(F)F)cc1)N1CCCC1. The van der Waals surface area contributed by atoms with Gasteiger partial charge in [-0.25, -0.2) is 0 Å². The van der Waals surface area contributed by atoms with Gasteiger partial charge < -0.3 is 5.73 Å². The van der Waals surface area contributed by atoms with Crippen LogP contribution in [0.15, 0.2) is 24.3 Å². The predicted octanol–water partition coefficient (Wildman–Crippen LogP) is 2.80. The van der Waals surface area contributed by atoms with Gasteiger partial charge in [-0.1, -0.05) is 12.1 Å². The number of nitrogens with two attached hydrogens (primary N) is 1. The van der Waals surface area contributed by atoms with Crippen LogP contribution in [0, 0.1) is 0 Å². The number of halogens is 3. The van der Waals surface area contributed by atoms with Crippen molar-refractivity contribution in [3.8, 4) is 0 Å². The van der Waals surface area contributed by atoms with Crippen LogP contribution in [-0.4, -0.2) is 24.5 Å². The molecule has 0 spiro atoms. The van der Waals surface area contributed by atoms with E-state index in [1.54, 1.807) is 12.1 Å². The molecule has 2 N–H and O–H groups in total. The topological polar surface area (TPSA) is 29.3 Å². The minimum atomic E-state index is -4.27. The first-order valence-corrected chi connectivity index (χ1v) is 6.13. The molecule has 2 rings (SSSR count). The maximum atomic E-state index is 12.5. The molecular weight excluding hydrogens is 241 g/mol. The van der Waals surface area contributed by atoms with Gasteiger partial charge in [-0.2, -0.15) is 13.2 Å². The normalized spacial score (nSPS) is 19.1. The molecule has 1 fully saturated rings. The Morgan fingerprint density at radius 1 is 1.11 bits per heavy atom. The van der Waals surface area contributed by atoms with Gasteiger partial charge in [0.15, 0.2) is 0 Å². The fourth-order valence-electron chi connectivity index (χ4n) is 2.44. The lowest BCUT2D eigenvalue weighted by atomic mass is 10.0. The maximum absolute atomic E-state index is 12.5. The van der Waals surface area contributed by atoms with Gasteiger partial charge in [-0.05, 0) is 43.6 Å². The van der Waals surface area contributed by atoms with Crippen molar-refractivity contribution in [1.82, 2.24) is 4.90 Å². The molecule has 0 radical (unpaired) electrons. The monoisotopic (exact) mass is 258 g/mol. The predicted molar refractivity (Wildman–Crippen MR) is 64.0 cm³/mol. The van der Waals surface area contributed by atoms with Crippen molar-refractivity contribution in [3.63, 3.8) is 0 Å². The van der Waals surface area contributed by atoms with E-state index < -0.39 is 11.7 Å². The lowest BCUT2D eigenvalue weighted by molar-refractivity contribution is -0.137. The highest BCUT2D eigenvalue weighted by Crippen LogP contribution is 2.31. The Kier molecular flexibility index (Phi) is 3.92. The zero-order valence-corrected chi connectivity index (χ0v) is 10.1. The number of benzene rings is 1. The van der Waals surface area contributed by atoms with Crippen LogP contribution in [0.25, 0.3) is 0 Å². The first-order chi connectivity index (χ1) is 8.52. The number of likely N-dealkylation sites (tertiary alicyclic amines) is 1. The molecule has 1 atom stereocenters. The molecule has 0 unspecified atom stereocenters. The van der Waals surface area contributed by atoms with E-state index in [0.717, 1.165) is 43.6 Å². The van der Waals surface area contributed by atoms with Crippen LogP contribution < -0.4 is 5.73 Å². The van der Waals surface area contributed by atoms with Crippen molar-refractivity contribution in [1.29, 1.82) is 0 Å². The number of hydrogen-bond donors (Lipinski definition) is 1. The molecule has 5 heteroatoms. The molecule has 0 bridgehead atoms. The molecule has 1 aromatic carbocycles. The molecule has 1 aliphatic rings. The summed E-state index contributed by atoms with van der Waals surface area (Å²) < 4.78 is 37.4. The smallest absolute Gasteiger partial charge is 0.329 e. The van der Waals surface area contributed by atoms with Crippen LogP contribution in [0.1, 0.15) is 30.0 Å². The van der Waals surface area contributed by atoms with E-state index in [4.69, 9.17) is 5.73 Å². The van der Waals surface area contributed by atoms with E-state index in [1.165, 1.54) is 0 Å². The second-order valence-corrected chi connectivity index (χ2v) is 4.61. The van der Waals surface area contributed by atoms with E-state index in [9.17, 15) is 13.2 Å². The van der Waals surface area contributed by atoms with Crippen LogP contribution in [0.5, 0.6) is 0 Å². The Bertz CT molecular complexity index is 380. The molecule has 2 nitrogen and oxygen atoms in total. The molecule has 100 valence electrons. The highest BCUT2D eigenvalue weighted by atomic mass is 19.4. The summed E-state index contributed by atoms with van der Waals surface area (Å²) in [6.45, 7) is 2.39. The summed E-state index contributed by atoms with van der Waals surface area (Å²) in [5.74, 6) is 0. The molecule has 0 aromatic heterocycles. The maximum Gasteiger partial charge on any atom is 0.416 e. The third kappa shape index (κ3) is 2.84. The molecule has 0 aliphatic carbocycles. The third-order valence-electron chi connectivity index (χ3n) is 3.43. The third-order valence-corrected chi connectivity index (χ3v) is 3.43. The Balaban J connectivity index is 2.16. The Labute approximate surface area is 105 Å². The number of rotatable bonds is 3. The van der Waals surface area contributed by atoms with Crippen LogP contribution in [0.2, 0.25) is 0 Å². The first-order valence-electron chi connectivity index (χ1n) is 6.13. The zero-order valence-electron chi connectivity index (χ0n) is 10.1. The van der Waals surface area contributed by atoms with Crippen molar-refractivity contribution < 1.29 is 13.2 Å². The van der Waals surface area contributed by atoms with Crippen molar-refractivity contribution in [2.45, 2.75) is 25.1 Å². The van der Waals surface area contributed by atoms with Crippen LogP contribution in [-0.2, 0) is 6.18 Å². The summed E-state index contributed by atoms with van der Waals surface area (Å²) in [6, 6.07) is 5.38. The van der Waals surface area contributed by atoms with Gasteiger partial charge in [0.1, 0.15) is 0 Å². The molecule has 0 amide bonds. The van der Waals surface area contributed by atoms with Crippen molar-refractivity contribution in [3.05, 3.63) is 35.4 Å². The van der Waals surface area contributed by atoms with Gasteiger partial charge in [0.05, 0.1) is 5.56 Å². The van der Waals surface area contributed by atoms with E-state index in [0.29, 0.717) is 6.54 Å². The molecule has 1 heterocycles. The Morgan fingerprint density at radius 2 is 1.67 bits per heavy atom. The first kappa shape index (κ1) is 13.4. The molecule has 18 heavy (non-hydrogen) atoms. The fraction of sp³-hybridized carbons (Fsp3) is 0.538. The van der Waals surface area contributed by atoms with E-state index >= 15 is 0 Å². The Morgan fingerprint density at radius 3 is 2.11 bits per heavy atom. The quantitative estimate of drug-likeness (QED) is 0.903. The van der Waals surface area contributed by atoms with Gasteiger partial charge >= 0.3 is 6.18 Å². The van der Waals surface area contributed by atoms with Crippen LogP contribution in [0.3, 0.4) is 0 Å². The highest BCUT2D eigenvalue weighted by Gasteiger charge is 2.30. The summed E-state index contributed by atoms with van der Waals surface area (Å²) in [4.78, 5) is 2.24. The number of nitrogens with zero attached hydrogens (tertiary/aromatic N) is 1. The van der Waals surface area contributed by atoms with Gasteiger partial charge in [-0.3, -0.25) is 4.90 Å². The van der Waals surface area contributed by atoms with Gasteiger partial charge in [0, 0.05) is 12.6 Å². The summed E-state index contributed by atoms with van der Waals surface area (Å²) in [6.07, 6.45) is -2.00. The minimum absolute atomic E-state index is 0.0368. The molecular formula is C13H17F3N2.